The molecule has 1 rings (SSSR count). The van der Waals surface area contributed by atoms with Crippen molar-refractivity contribution in [2.45, 2.75) is 13.1 Å². The highest BCUT2D eigenvalue weighted by molar-refractivity contribution is 5.74. The van der Waals surface area contributed by atoms with Crippen LogP contribution in [0.3, 0.4) is 0 Å². The van der Waals surface area contributed by atoms with Gasteiger partial charge in [-0.2, -0.15) is 13.2 Å². The molecule has 1 atom stereocenters. The van der Waals surface area contributed by atoms with Gasteiger partial charge in [-0.05, 0) is 12.5 Å². The van der Waals surface area contributed by atoms with E-state index in [0.29, 0.717) is 38.6 Å². The van der Waals surface area contributed by atoms with Gasteiger partial charge >= 0.3 is 12.2 Å². The third-order valence-corrected chi connectivity index (χ3v) is 3.07. The Morgan fingerprint density at radius 2 is 1.89 bits per heavy atom. The molecule has 1 unspecified atom stereocenters. The van der Waals surface area contributed by atoms with E-state index in [1.54, 1.807) is 0 Å². The summed E-state index contributed by atoms with van der Waals surface area (Å²) in [6.07, 6.45) is -4.37. The van der Waals surface area contributed by atoms with Gasteiger partial charge in [-0.3, -0.25) is 4.90 Å². The molecule has 0 aromatic carbocycles. The minimum Gasteiger partial charge on any atom is -0.330 e. The lowest BCUT2D eigenvalue weighted by molar-refractivity contribution is -0.123. The Hall–Kier alpha value is -1.02. The summed E-state index contributed by atoms with van der Waals surface area (Å²) in [5.41, 5.74) is 5.54. The van der Waals surface area contributed by atoms with E-state index in [9.17, 15) is 18.0 Å². The molecule has 3 N–H and O–H groups in total. The second-order valence-corrected chi connectivity index (χ2v) is 4.90. The van der Waals surface area contributed by atoms with Gasteiger partial charge in [-0.1, -0.05) is 6.92 Å². The smallest absolute Gasteiger partial charge is 0.330 e. The van der Waals surface area contributed by atoms with Gasteiger partial charge in [0.15, 0.2) is 0 Å². The first-order chi connectivity index (χ1) is 8.81. The summed E-state index contributed by atoms with van der Waals surface area (Å²) in [7, 11) is 0. The van der Waals surface area contributed by atoms with Gasteiger partial charge in [0.05, 0.1) is 0 Å². The summed E-state index contributed by atoms with van der Waals surface area (Å²) in [6.45, 7) is 4.45. The summed E-state index contributed by atoms with van der Waals surface area (Å²) < 4.78 is 35.9. The van der Waals surface area contributed by atoms with Crippen LogP contribution in [0.15, 0.2) is 0 Å². The van der Waals surface area contributed by atoms with Crippen molar-refractivity contribution in [3.63, 3.8) is 0 Å². The highest BCUT2D eigenvalue weighted by Gasteiger charge is 2.29. The number of amides is 2. The first-order valence-corrected chi connectivity index (χ1v) is 6.34. The van der Waals surface area contributed by atoms with Crippen LogP contribution in [0.2, 0.25) is 0 Å². The molecule has 5 nitrogen and oxygen atoms in total. The van der Waals surface area contributed by atoms with Crippen LogP contribution in [-0.2, 0) is 0 Å². The van der Waals surface area contributed by atoms with E-state index in [2.05, 4.69) is 4.90 Å². The lowest BCUT2D eigenvalue weighted by atomic mass is 10.1. The molecule has 2 amide bonds. The van der Waals surface area contributed by atoms with Crippen LogP contribution in [0.1, 0.15) is 6.92 Å². The van der Waals surface area contributed by atoms with Crippen molar-refractivity contribution in [2.75, 3.05) is 45.8 Å². The first kappa shape index (κ1) is 16.0. The predicted octanol–water partition coefficient (Wildman–Crippen LogP) is 0.471. The predicted molar refractivity (Wildman–Crippen MR) is 65.7 cm³/mol. The Morgan fingerprint density at radius 3 is 2.37 bits per heavy atom. The fourth-order valence-electron chi connectivity index (χ4n) is 1.94. The number of hydrogen-bond acceptors (Lipinski definition) is 3. The molecule has 0 spiro atoms. The van der Waals surface area contributed by atoms with Crippen molar-refractivity contribution in [3.05, 3.63) is 0 Å². The normalized spacial score (nSPS) is 19.3. The lowest BCUT2D eigenvalue weighted by Crippen LogP contribution is -2.53. The molecule has 1 aliphatic heterocycles. The van der Waals surface area contributed by atoms with Gasteiger partial charge in [0.1, 0.15) is 6.54 Å². The zero-order valence-electron chi connectivity index (χ0n) is 11.0. The third kappa shape index (κ3) is 6.11. The molecule has 0 aromatic heterocycles. The molecule has 0 saturated carbocycles. The second kappa shape index (κ2) is 6.95. The van der Waals surface area contributed by atoms with Crippen molar-refractivity contribution >= 4 is 6.03 Å². The number of carbonyl (C=O) groups excluding carboxylic acids is 1. The summed E-state index contributed by atoms with van der Waals surface area (Å²) in [6, 6.07) is -0.649. The fraction of sp³-hybridized carbons (Fsp3) is 0.909. The van der Waals surface area contributed by atoms with Crippen LogP contribution in [0.25, 0.3) is 0 Å². The summed E-state index contributed by atoms with van der Waals surface area (Å²) in [5.74, 6) is 0.380. The summed E-state index contributed by atoms with van der Waals surface area (Å²) in [4.78, 5) is 15.1. The number of hydrogen-bond donors (Lipinski definition) is 2. The Balaban J connectivity index is 2.27. The molecule has 0 aromatic rings. The standard InChI is InChI=1S/C11H21F3N4O/c1-9(6-15)7-17-2-4-18(5-3-17)10(19)16-8-11(12,13)14/h9H,2-8,15H2,1H3,(H,16,19). The minimum absolute atomic E-state index is 0.380. The largest absolute Gasteiger partial charge is 0.405 e. The zero-order valence-corrected chi connectivity index (χ0v) is 11.0. The van der Waals surface area contributed by atoms with Gasteiger partial charge in [0.2, 0.25) is 0 Å². The number of piperazine rings is 1. The molecule has 8 heteroatoms. The van der Waals surface area contributed by atoms with E-state index in [1.165, 1.54) is 4.90 Å². The van der Waals surface area contributed by atoms with Crippen LogP contribution >= 0.6 is 0 Å². The number of nitrogens with one attached hydrogen (secondary N) is 1. The number of nitrogens with zero attached hydrogens (tertiary/aromatic N) is 2. The molecule has 1 saturated heterocycles. The molecular formula is C11H21F3N4O. The molecule has 0 bridgehead atoms. The maximum absolute atomic E-state index is 12.0. The average Bonchev–Trinajstić information content (AvgIpc) is 2.36. The number of carbonyl (C=O) groups is 1. The molecule has 112 valence electrons. The van der Waals surface area contributed by atoms with Crippen LogP contribution in [0, 0.1) is 5.92 Å². The minimum atomic E-state index is -4.37. The van der Waals surface area contributed by atoms with E-state index >= 15 is 0 Å². The molecule has 1 fully saturated rings. The molecule has 19 heavy (non-hydrogen) atoms. The van der Waals surface area contributed by atoms with Gasteiger partial charge in [-0.15, -0.1) is 0 Å². The maximum atomic E-state index is 12.0. The van der Waals surface area contributed by atoms with E-state index < -0.39 is 18.8 Å². The van der Waals surface area contributed by atoms with Crippen LogP contribution in [0.4, 0.5) is 18.0 Å². The van der Waals surface area contributed by atoms with Crippen molar-refractivity contribution in [1.29, 1.82) is 0 Å². The second-order valence-electron chi connectivity index (χ2n) is 4.90. The van der Waals surface area contributed by atoms with Crippen molar-refractivity contribution in [2.24, 2.45) is 11.7 Å². The van der Waals surface area contributed by atoms with Gasteiger partial charge in [0, 0.05) is 32.7 Å². The molecule has 1 aliphatic rings. The number of nitrogens with two attached hydrogens (primary N) is 1. The fourth-order valence-corrected chi connectivity index (χ4v) is 1.94. The quantitative estimate of drug-likeness (QED) is 0.788. The van der Waals surface area contributed by atoms with Crippen molar-refractivity contribution < 1.29 is 18.0 Å². The van der Waals surface area contributed by atoms with E-state index in [-0.39, 0.29) is 0 Å². The molecule has 1 heterocycles. The molecule has 0 aliphatic carbocycles. The number of urea groups is 1. The van der Waals surface area contributed by atoms with Crippen molar-refractivity contribution in [1.82, 2.24) is 15.1 Å². The van der Waals surface area contributed by atoms with Crippen LogP contribution in [0.5, 0.6) is 0 Å². The van der Waals surface area contributed by atoms with Crippen molar-refractivity contribution in [3.8, 4) is 0 Å². The Morgan fingerprint density at radius 1 is 1.32 bits per heavy atom. The van der Waals surface area contributed by atoms with E-state index in [4.69, 9.17) is 5.73 Å². The zero-order chi connectivity index (χ0) is 14.5. The maximum Gasteiger partial charge on any atom is 0.405 e. The Kier molecular flexibility index (Phi) is 5.86. The number of rotatable bonds is 4. The third-order valence-electron chi connectivity index (χ3n) is 3.07. The van der Waals surface area contributed by atoms with Crippen LogP contribution < -0.4 is 11.1 Å². The molecular weight excluding hydrogens is 261 g/mol. The summed E-state index contributed by atoms with van der Waals surface area (Å²) >= 11 is 0. The van der Waals surface area contributed by atoms with Gasteiger partial charge in [-0.25, -0.2) is 4.79 Å². The van der Waals surface area contributed by atoms with Crippen LogP contribution in [-0.4, -0.2) is 67.8 Å². The average molecular weight is 282 g/mol. The lowest BCUT2D eigenvalue weighted by Gasteiger charge is -2.35. The first-order valence-electron chi connectivity index (χ1n) is 6.34. The summed E-state index contributed by atoms with van der Waals surface area (Å²) in [5, 5.41) is 1.88. The topological polar surface area (TPSA) is 61.6 Å². The Bertz CT molecular complexity index is 290. The number of alkyl halides is 3. The van der Waals surface area contributed by atoms with E-state index in [0.717, 1.165) is 6.54 Å². The highest BCUT2D eigenvalue weighted by Crippen LogP contribution is 2.12. The monoisotopic (exact) mass is 282 g/mol. The Labute approximate surface area is 110 Å². The van der Waals surface area contributed by atoms with Gasteiger partial charge in [0.25, 0.3) is 0 Å². The number of halogens is 3. The SMILES string of the molecule is CC(CN)CN1CCN(C(=O)NCC(F)(F)F)CC1. The molecule has 0 radical (unpaired) electrons. The van der Waals surface area contributed by atoms with E-state index in [1.807, 2.05) is 12.2 Å². The highest BCUT2D eigenvalue weighted by atomic mass is 19.4. The van der Waals surface area contributed by atoms with Gasteiger partial charge < -0.3 is 16.0 Å².